The van der Waals surface area contributed by atoms with Crippen LogP contribution in [0, 0.1) is 11.3 Å². The molecule has 0 aromatic heterocycles. The Bertz CT molecular complexity index is 386. The van der Waals surface area contributed by atoms with Gasteiger partial charge in [-0.05, 0) is 61.3 Å². The molecule has 0 aliphatic heterocycles. The molecule has 0 saturated heterocycles. The zero-order valence-electron chi connectivity index (χ0n) is 11.5. The van der Waals surface area contributed by atoms with Crippen molar-refractivity contribution in [1.82, 2.24) is 5.32 Å². The van der Waals surface area contributed by atoms with E-state index in [0.717, 1.165) is 19.0 Å². The van der Waals surface area contributed by atoms with Gasteiger partial charge in [0.15, 0.2) is 0 Å². The lowest BCUT2D eigenvalue weighted by atomic mass is 9.79. The molecule has 0 radical (unpaired) electrons. The van der Waals surface area contributed by atoms with E-state index in [9.17, 15) is 0 Å². The summed E-state index contributed by atoms with van der Waals surface area (Å²) >= 11 is 3.57. The van der Waals surface area contributed by atoms with Gasteiger partial charge in [0.05, 0.1) is 0 Å². The largest absolute Gasteiger partial charge is 0.316 e. The lowest BCUT2D eigenvalue weighted by Gasteiger charge is -2.30. The summed E-state index contributed by atoms with van der Waals surface area (Å²) in [5.41, 5.74) is 1.88. The van der Waals surface area contributed by atoms with E-state index in [-0.39, 0.29) is 0 Å². The first kappa shape index (κ1) is 14.1. The molecule has 0 bridgehead atoms. The Morgan fingerprint density at radius 1 is 1.39 bits per heavy atom. The fourth-order valence-corrected chi connectivity index (χ4v) is 3.24. The van der Waals surface area contributed by atoms with Crippen LogP contribution in [0.1, 0.15) is 38.7 Å². The topological polar surface area (TPSA) is 12.0 Å². The minimum absolute atomic E-state index is 0.427. The second kappa shape index (κ2) is 6.21. The molecule has 2 rings (SSSR count). The molecule has 1 nitrogen and oxygen atoms in total. The Morgan fingerprint density at radius 2 is 2.17 bits per heavy atom. The Labute approximate surface area is 119 Å². The SMILES string of the molecule is CCCNCC(C)(Cc1cccc(Br)c1)C1CC1. The molecular weight excluding hydrogens is 286 g/mol. The molecule has 0 amide bonds. The van der Waals surface area contributed by atoms with Crippen LogP contribution in [0.25, 0.3) is 0 Å². The highest BCUT2D eigenvalue weighted by atomic mass is 79.9. The Balaban J connectivity index is 2.01. The summed E-state index contributed by atoms with van der Waals surface area (Å²) < 4.78 is 1.19. The van der Waals surface area contributed by atoms with Gasteiger partial charge < -0.3 is 5.32 Å². The molecule has 0 heterocycles. The average molecular weight is 310 g/mol. The van der Waals surface area contributed by atoms with Crippen molar-refractivity contribution in [3.8, 4) is 0 Å². The predicted octanol–water partition coefficient (Wildman–Crippen LogP) is 4.41. The highest BCUT2D eigenvalue weighted by Gasteiger charge is 2.40. The summed E-state index contributed by atoms with van der Waals surface area (Å²) in [4.78, 5) is 0. The van der Waals surface area contributed by atoms with Crippen molar-refractivity contribution < 1.29 is 0 Å². The number of nitrogens with one attached hydrogen (secondary N) is 1. The van der Waals surface area contributed by atoms with Crippen LogP contribution in [0.4, 0.5) is 0 Å². The summed E-state index contributed by atoms with van der Waals surface area (Å²) in [5.74, 6) is 0.917. The van der Waals surface area contributed by atoms with E-state index in [2.05, 4.69) is 59.4 Å². The van der Waals surface area contributed by atoms with E-state index in [1.165, 1.54) is 35.7 Å². The Hall–Kier alpha value is -0.340. The quantitative estimate of drug-likeness (QED) is 0.736. The zero-order chi connectivity index (χ0) is 13.0. The lowest BCUT2D eigenvalue weighted by Crippen LogP contribution is -2.36. The van der Waals surface area contributed by atoms with E-state index in [1.54, 1.807) is 0 Å². The van der Waals surface area contributed by atoms with Crippen molar-refractivity contribution in [3.63, 3.8) is 0 Å². The van der Waals surface area contributed by atoms with Gasteiger partial charge in [0, 0.05) is 11.0 Å². The summed E-state index contributed by atoms with van der Waals surface area (Å²) in [6.45, 7) is 6.98. The van der Waals surface area contributed by atoms with E-state index in [1.807, 2.05) is 0 Å². The van der Waals surface area contributed by atoms with Crippen molar-refractivity contribution >= 4 is 15.9 Å². The predicted molar refractivity (Wildman–Crippen MR) is 81.8 cm³/mol. The highest BCUT2D eigenvalue weighted by molar-refractivity contribution is 9.10. The van der Waals surface area contributed by atoms with Crippen molar-refractivity contribution in [3.05, 3.63) is 34.3 Å². The van der Waals surface area contributed by atoms with Gasteiger partial charge in [-0.3, -0.25) is 0 Å². The maximum absolute atomic E-state index is 3.62. The van der Waals surface area contributed by atoms with Crippen molar-refractivity contribution in [2.24, 2.45) is 11.3 Å². The number of benzene rings is 1. The van der Waals surface area contributed by atoms with E-state index >= 15 is 0 Å². The van der Waals surface area contributed by atoms with Crippen LogP contribution in [-0.4, -0.2) is 13.1 Å². The minimum atomic E-state index is 0.427. The Morgan fingerprint density at radius 3 is 2.78 bits per heavy atom. The van der Waals surface area contributed by atoms with Crippen molar-refractivity contribution in [2.75, 3.05) is 13.1 Å². The van der Waals surface area contributed by atoms with E-state index in [4.69, 9.17) is 0 Å². The number of halogens is 1. The van der Waals surface area contributed by atoms with Gasteiger partial charge in [-0.25, -0.2) is 0 Å². The smallest absolute Gasteiger partial charge is 0.0177 e. The Kier molecular flexibility index (Phi) is 4.85. The van der Waals surface area contributed by atoms with Gasteiger partial charge in [0.2, 0.25) is 0 Å². The van der Waals surface area contributed by atoms with Crippen molar-refractivity contribution in [2.45, 2.75) is 39.5 Å². The van der Waals surface area contributed by atoms with Crippen LogP contribution in [0.2, 0.25) is 0 Å². The van der Waals surface area contributed by atoms with Gasteiger partial charge in [0.25, 0.3) is 0 Å². The molecule has 1 fully saturated rings. The molecule has 18 heavy (non-hydrogen) atoms. The normalized spacial score (nSPS) is 18.6. The zero-order valence-corrected chi connectivity index (χ0v) is 13.1. The molecule has 1 saturated carbocycles. The molecule has 1 aromatic rings. The summed E-state index contributed by atoms with van der Waals surface area (Å²) in [6, 6.07) is 8.77. The molecular formula is C16H24BrN. The van der Waals surface area contributed by atoms with Gasteiger partial charge in [-0.1, -0.05) is 41.9 Å². The first-order valence-electron chi connectivity index (χ1n) is 7.09. The van der Waals surface area contributed by atoms with Crippen LogP contribution in [0.5, 0.6) is 0 Å². The molecule has 0 spiro atoms. The van der Waals surface area contributed by atoms with Crippen LogP contribution in [-0.2, 0) is 6.42 Å². The molecule has 1 unspecified atom stereocenters. The van der Waals surface area contributed by atoms with E-state index < -0.39 is 0 Å². The monoisotopic (exact) mass is 309 g/mol. The molecule has 100 valence electrons. The molecule has 2 heteroatoms. The van der Waals surface area contributed by atoms with Gasteiger partial charge in [0.1, 0.15) is 0 Å². The number of rotatable bonds is 7. The first-order chi connectivity index (χ1) is 8.64. The van der Waals surface area contributed by atoms with Crippen LogP contribution < -0.4 is 5.32 Å². The molecule has 1 N–H and O–H groups in total. The summed E-state index contributed by atoms with van der Waals surface area (Å²) in [7, 11) is 0. The fourth-order valence-electron chi connectivity index (χ4n) is 2.80. The van der Waals surface area contributed by atoms with Gasteiger partial charge >= 0.3 is 0 Å². The van der Waals surface area contributed by atoms with Crippen molar-refractivity contribution in [1.29, 1.82) is 0 Å². The third-order valence-electron chi connectivity index (χ3n) is 4.02. The standard InChI is InChI=1S/C16H24BrN/c1-3-9-18-12-16(2,14-7-8-14)11-13-5-4-6-15(17)10-13/h4-6,10,14,18H,3,7-9,11-12H2,1-2H3. The highest BCUT2D eigenvalue weighted by Crippen LogP contribution is 2.47. The third-order valence-corrected chi connectivity index (χ3v) is 4.51. The molecule has 1 aliphatic rings. The third kappa shape index (κ3) is 3.83. The minimum Gasteiger partial charge on any atom is -0.316 e. The maximum atomic E-state index is 3.62. The second-order valence-electron chi connectivity index (χ2n) is 5.91. The molecule has 1 atom stereocenters. The second-order valence-corrected chi connectivity index (χ2v) is 6.83. The maximum Gasteiger partial charge on any atom is 0.0177 e. The fraction of sp³-hybridized carbons (Fsp3) is 0.625. The summed E-state index contributed by atoms with van der Waals surface area (Å²) in [5, 5.41) is 3.62. The molecule has 1 aromatic carbocycles. The van der Waals surface area contributed by atoms with Crippen LogP contribution in [0.15, 0.2) is 28.7 Å². The van der Waals surface area contributed by atoms with Crippen LogP contribution >= 0.6 is 15.9 Å². The number of hydrogen-bond acceptors (Lipinski definition) is 1. The van der Waals surface area contributed by atoms with Crippen LogP contribution in [0.3, 0.4) is 0 Å². The first-order valence-corrected chi connectivity index (χ1v) is 7.88. The number of hydrogen-bond donors (Lipinski definition) is 1. The average Bonchev–Trinajstić information content (AvgIpc) is 3.13. The van der Waals surface area contributed by atoms with Gasteiger partial charge in [-0.15, -0.1) is 0 Å². The van der Waals surface area contributed by atoms with Gasteiger partial charge in [-0.2, -0.15) is 0 Å². The summed E-state index contributed by atoms with van der Waals surface area (Å²) in [6.07, 6.45) is 5.24. The van der Waals surface area contributed by atoms with E-state index in [0.29, 0.717) is 5.41 Å². The molecule has 1 aliphatic carbocycles. The lowest BCUT2D eigenvalue weighted by molar-refractivity contribution is 0.256.